The van der Waals surface area contributed by atoms with Crippen LogP contribution in [0.3, 0.4) is 0 Å². The van der Waals surface area contributed by atoms with Crippen LogP contribution in [0.5, 0.6) is 0 Å². The van der Waals surface area contributed by atoms with Gasteiger partial charge >= 0.3 is 0 Å². The minimum atomic E-state index is 0.0572. The highest BCUT2D eigenvalue weighted by molar-refractivity contribution is 7.99. The van der Waals surface area contributed by atoms with Gasteiger partial charge in [0, 0.05) is 16.3 Å². The molecule has 106 valence electrons. The zero-order valence-corrected chi connectivity index (χ0v) is 12.7. The summed E-state index contributed by atoms with van der Waals surface area (Å²) in [5.74, 6) is 0. The Kier molecular flexibility index (Phi) is 4.18. The summed E-state index contributed by atoms with van der Waals surface area (Å²) in [6, 6.07) is 16.4. The molecule has 2 aromatic carbocycles. The summed E-state index contributed by atoms with van der Waals surface area (Å²) in [5, 5.41) is 2.04. The lowest BCUT2D eigenvalue weighted by molar-refractivity contribution is 0.685. The molecule has 0 aliphatic carbocycles. The van der Waals surface area contributed by atoms with Crippen molar-refractivity contribution in [2.45, 2.75) is 29.3 Å². The number of benzene rings is 2. The first-order valence-electron chi connectivity index (χ1n) is 7.01. The fourth-order valence-electron chi connectivity index (χ4n) is 2.27. The van der Waals surface area contributed by atoms with Gasteiger partial charge in [0.05, 0.1) is 5.52 Å². The molecule has 0 aliphatic rings. The van der Waals surface area contributed by atoms with Crippen LogP contribution in [-0.2, 0) is 0 Å². The van der Waals surface area contributed by atoms with Crippen LogP contribution in [0.15, 0.2) is 64.8 Å². The molecule has 1 atom stereocenters. The normalized spacial score (nSPS) is 12.5. The van der Waals surface area contributed by atoms with Crippen LogP contribution in [0.25, 0.3) is 10.9 Å². The van der Waals surface area contributed by atoms with Crippen LogP contribution >= 0.6 is 11.8 Å². The van der Waals surface area contributed by atoms with E-state index in [-0.39, 0.29) is 6.04 Å². The molecule has 21 heavy (non-hydrogen) atoms. The third-order valence-electron chi connectivity index (χ3n) is 3.47. The van der Waals surface area contributed by atoms with Gasteiger partial charge in [-0.2, -0.15) is 0 Å². The van der Waals surface area contributed by atoms with Crippen LogP contribution in [0.2, 0.25) is 0 Å². The summed E-state index contributed by atoms with van der Waals surface area (Å²) in [6.45, 7) is 2.10. The molecule has 0 bridgehead atoms. The largest absolute Gasteiger partial charge is 0.324 e. The SMILES string of the molecule is CCC(N)c1ccccc1Sc1ncnc2ccccc12. The summed E-state index contributed by atoms with van der Waals surface area (Å²) in [4.78, 5) is 9.91. The second-order valence-electron chi connectivity index (χ2n) is 4.85. The average Bonchev–Trinajstić information content (AvgIpc) is 2.55. The van der Waals surface area contributed by atoms with Crippen molar-refractivity contribution in [2.24, 2.45) is 5.73 Å². The Balaban J connectivity index is 2.03. The van der Waals surface area contributed by atoms with E-state index in [9.17, 15) is 0 Å². The van der Waals surface area contributed by atoms with Gasteiger partial charge in [0.2, 0.25) is 0 Å². The van der Waals surface area contributed by atoms with Gasteiger partial charge in [0.25, 0.3) is 0 Å². The van der Waals surface area contributed by atoms with Crippen LogP contribution in [0.1, 0.15) is 24.9 Å². The van der Waals surface area contributed by atoms with E-state index in [4.69, 9.17) is 5.73 Å². The fourth-order valence-corrected chi connectivity index (χ4v) is 3.34. The van der Waals surface area contributed by atoms with Gasteiger partial charge in [-0.05, 0) is 24.1 Å². The molecule has 3 nitrogen and oxygen atoms in total. The van der Waals surface area contributed by atoms with E-state index in [1.165, 1.54) is 5.56 Å². The van der Waals surface area contributed by atoms with Crippen molar-refractivity contribution < 1.29 is 0 Å². The van der Waals surface area contributed by atoms with Crippen molar-refractivity contribution in [1.82, 2.24) is 9.97 Å². The maximum atomic E-state index is 6.22. The van der Waals surface area contributed by atoms with Crippen LogP contribution in [0.4, 0.5) is 0 Å². The molecule has 0 aliphatic heterocycles. The van der Waals surface area contributed by atoms with Crippen molar-refractivity contribution in [3.63, 3.8) is 0 Å². The summed E-state index contributed by atoms with van der Waals surface area (Å²) in [7, 11) is 0. The second kappa shape index (κ2) is 6.24. The lowest BCUT2D eigenvalue weighted by Crippen LogP contribution is -2.09. The first-order chi connectivity index (χ1) is 10.3. The van der Waals surface area contributed by atoms with Gasteiger partial charge in [-0.15, -0.1) is 0 Å². The molecule has 0 saturated carbocycles. The van der Waals surface area contributed by atoms with Crippen LogP contribution in [-0.4, -0.2) is 9.97 Å². The lowest BCUT2D eigenvalue weighted by Gasteiger charge is -2.14. The quantitative estimate of drug-likeness (QED) is 0.733. The molecule has 3 aromatic rings. The standard InChI is InChI=1S/C17H17N3S/c1-2-14(18)12-7-4-6-10-16(12)21-17-13-8-3-5-9-15(13)19-11-20-17/h3-11,14H,2,18H2,1H3. The fraction of sp³-hybridized carbons (Fsp3) is 0.176. The lowest BCUT2D eigenvalue weighted by atomic mass is 10.1. The maximum absolute atomic E-state index is 6.22. The van der Waals surface area contributed by atoms with Crippen LogP contribution < -0.4 is 5.73 Å². The topological polar surface area (TPSA) is 51.8 Å². The number of hydrogen-bond donors (Lipinski definition) is 1. The molecule has 3 rings (SSSR count). The zero-order chi connectivity index (χ0) is 14.7. The van der Waals surface area contributed by atoms with Crippen molar-refractivity contribution in [1.29, 1.82) is 0 Å². The van der Waals surface area contributed by atoms with E-state index in [1.54, 1.807) is 18.1 Å². The molecule has 0 amide bonds. The third kappa shape index (κ3) is 2.91. The molecule has 0 radical (unpaired) electrons. The smallest absolute Gasteiger partial charge is 0.117 e. The Hall–Kier alpha value is -1.91. The van der Waals surface area contributed by atoms with Gasteiger partial charge < -0.3 is 5.73 Å². The highest BCUT2D eigenvalue weighted by Gasteiger charge is 2.12. The van der Waals surface area contributed by atoms with Gasteiger partial charge in [-0.1, -0.05) is 55.1 Å². The molecule has 1 heterocycles. The van der Waals surface area contributed by atoms with E-state index in [0.29, 0.717) is 0 Å². The minimum Gasteiger partial charge on any atom is -0.324 e. The Morgan fingerprint density at radius 2 is 1.81 bits per heavy atom. The number of nitrogens with zero attached hydrogens (tertiary/aromatic N) is 2. The number of fused-ring (bicyclic) bond motifs is 1. The Labute approximate surface area is 128 Å². The van der Waals surface area contributed by atoms with Crippen molar-refractivity contribution in [3.8, 4) is 0 Å². The van der Waals surface area contributed by atoms with Crippen molar-refractivity contribution in [2.75, 3.05) is 0 Å². The molecule has 2 N–H and O–H groups in total. The summed E-state index contributed by atoms with van der Waals surface area (Å²) in [5.41, 5.74) is 8.35. The predicted molar refractivity (Wildman–Crippen MR) is 87.3 cm³/mol. The van der Waals surface area contributed by atoms with Gasteiger partial charge in [-0.25, -0.2) is 9.97 Å². The average molecular weight is 295 g/mol. The first kappa shape index (κ1) is 14.0. The molecule has 1 unspecified atom stereocenters. The molecular weight excluding hydrogens is 278 g/mol. The number of aromatic nitrogens is 2. The second-order valence-corrected chi connectivity index (χ2v) is 5.88. The summed E-state index contributed by atoms with van der Waals surface area (Å²) < 4.78 is 0. The third-order valence-corrected chi connectivity index (χ3v) is 4.58. The molecule has 0 spiro atoms. The van der Waals surface area contributed by atoms with E-state index in [1.807, 2.05) is 30.3 Å². The molecule has 0 saturated heterocycles. The minimum absolute atomic E-state index is 0.0572. The monoisotopic (exact) mass is 295 g/mol. The number of hydrogen-bond acceptors (Lipinski definition) is 4. The van der Waals surface area contributed by atoms with Gasteiger partial charge in [-0.3, -0.25) is 0 Å². The number of para-hydroxylation sites is 1. The van der Waals surface area contributed by atoms with Crippen molar-refractivity contribution in [3.05, 3.63) is 60.4 Å². The molecule has 4 heteroatoms. The Bertz CT molecular complexity index is 752. The van der Waals surface area contributed by atoms with Crippen molar-refractivity contribution >= 4 is 22.7 Å². The van der Waals surface area contributed by atoms with Crippen LogP contribution in [0, 0.1) is 0 Å². The Morgan fingerprint density at radius 3 is 2.67 bits per heavy atom. The molecular formula is C17H17N3S. The highest BCUT2D eigenvalue weighted by Crippen LogP contribution is 2.35. The number of nitrogens with two attached hydrogens (primary N) is 1. The van der Waals surface area contributed by atoms with Gasteiger partial charge in [0.1, 0.15) is 11.4 Å². The van der Waals surface area contributed by atoms with E-state index in [0.717, 1.165) is 27.2 Å². The number of rotatable bonds is 4. The summed E-state index contributed by atoms with van der Waals surface area (Å²) >= 11 is 1.66. The first-order valence-corrected chi connectivity index (χ1v) is 7.83. The van der Waals surface area contributed by atoms with E-state index < -0.39 is 0 Å². The predicted octanol–water partition coefficient (Wildman–Crippen LogP) is 4.19. The van der Waals surface area contributed by atoms with E-state index in [2.05, 4.69) is 35.1 Å². The molecule has 1 aromatic heterocycles. The Morgan fingerprint density at radius 1 is 1.05 bits per heavy atom. The van der Waals surface area contributed by atoms with Gasteiger partial charge in [0.15, 0.2) is 0 Å². The zero-order valence-electron chi connectivity index (χ0n) is 11.9. The summed E-state index contributed by atoms with van der Waals surface area (Å²) in [6.07, 6.45) is 2.54. The maximum Gasteiger partial charge on any atom is 0.117 e. The highest BCUT2D eigenvalue weighted by atomic mass is 32.2. The molecule has 0 fully saturated rings. The van der Waals surface area contributed by atoms with E-state index >= 15 is 0 Å².